The van der Waals surface area contributed by atoms with E-state index in [1.807, 2.05) is 4.68 Å². The van der Waals surface area contributed by atoms with E-state index in [1.165, 1.54) is 6.42 Å². The summed E-state index contributed by atoms with van der Waals surface area (Å²) >= 11 is 0. The zero-order chi connectivity index (χ0) is 14.3. The first-order chi connectivity index (χ1) is 9.47. The Hall–Kier alpha value is -1.85. The topological polar surface area (TPSA) is 66.8 Å². The van der Waals surface area contributed by atoms with Gasteiger partial charge in [0.05, 0.1) is 11.7 Å². The van der Waals surface area contributed by atoms with Gasteiger partial charge in [-0.3, -0.25) is 9.78 Å². The van der Waals surface area contributed by atoms with Crippen LogP contribution in [0.3, 0.4) is 0 Å². The molecule has 1 N–H and O–H groups in total. The summed E-state index contributed by atoms with van der Waals surface area (Å²) in [6.07, 6.45) is 5.16. The van der Waals surface area contributed by atoms with E-state index in [9.17, 15) is 4.79 Å². The van der Waals surface area contributed by atoms with E-state index in [-0.39, 0.29) is 11.1 Å². The summed E-state index contributed by atoms with van der Waals surface area (Å²) in [7, 11) is 0. The molecule has 1 fully saturated rings. The van der Waals surface area contributed by atoms with Crippen LogP contribution in [-0.2, 0) is 5.54 Å². The van der Waals surface area contributed by atoms with E-state index >= 15 is 0 Å². The molecule has 0 saturated carbocycles. The maximum atomic E-state index is 12.2. The summed E-state index contributed by atoms with van der Waals surface area (Å²) in [5.74, 6) is 0.674. The SMILES string of the molecule is CC(C)(C)n1ncc2c(=O)[nH]c(N3CCCCC3)nc21. The molecule has 2 aromatic rings. The van der Waals surface area contributed by atoms with Crippen LogP contribution < -0.4 is 10.5 Å². The molecule has 0 spiro atoms. The molecular formula is C14H21N5O. The molecule has 0 unspecified atom stereocenters. The van der Waals surface area contributed by atoms with Gasteiger partial charge < -0.3 is 4.90 Å². The molecule has 0 radical (unpaired) electrons. The van der Waals surface area contributed by atoms with E-state index in [0.717, 1.165) is 25.9 Å². The van der Waals surface area contributed by atoms with E-state index in [4.69, 9.17) is 0 Å². The van der Waals surface area contributed by atoms with Crippen LogP contribution in [0.1, 0.15) is 40.0 Å². The van der Waals surface area contributed by atoms with Gasteiger partial charge in [-0.2, -0.15) is 10.1 Å². The first-order valence-electron chi connectivity index (χ1n) is 7.20. The van der Waals surface area contributed by atoms with Crippen LogP contribution in [0.2, 0.25) is 0 Å². The van der Waals surface area contributed by atoms with Crippen molar-refractivity contribution in [3.8, 4) is 0 Å². The highest BCUT2D eigenvalue weighted by Crippen LogP contribution is 2.21. The van der Waals surface area contributed by atoms with Gasteiger partial charge in [0.15, 0.2) is 5.65 Å². The number of piperidine rings is 1. The third-order valence-corrected chi connectivity index (χ3v) is 3.72. The van der Waals surface area contributed by atoms with Gasteiger partial charge in [0.25, 0.3) is 5.56 Å². The number of rotatable bonds is 1. The molecule has 1 saturated heterocycles. The van der Waals surface area contributed by atoms with Crippen molar-refractivity contribution in [3.63, 3.8) is 0 Å². The minimum atomic E-state index is -0.193. The number of hydrogen-bond donors (Lipinski definition) is 1. The Bertz CT molecular complexity index is 673. The van der Waals surface area contributed by atoms with Gasteiger partial charge in [-0.25, -0.2) is 4.68 Å². The van der Waals surface area contributed by atoms with Gasteiger partial charge in [0.1, 0.15) is 5.39 Å². The van der Waals surface area contributed by atoms with E-state index < -0.39 is 0 Å². The molecule has 1 aliphatic rings. The lowest BCUT2D eigenvalue weighted by molar-refractivity contribution is 0.366. The van der Waals surface area contributed by atoms with Crippen LogP contribution in [0.5, 0.6) is 0 Å². The summed E-state index contributed by atoms with van der Waals surface area (Å²) in [6, 6.07) is 0. The fourth-order valence-electron chi connectivity index (χ4n) is 2.65. The molecule has 6 nitrogen and oxygen atoms in total. The number of fused-ring (bicyclic) bond motifs is 1. The van der Waals surface area contributed by atoms with Crippen molar-refractivity contribution in [1.82, 2.24) is 19.7 Å². The summed E-state index contributed by atoms with van der Waals surface area (Å²) in [5.41, 5.74) is 0.370. The lowest BCUT2D eigenvalue weighted by Crippen LogP contribution is -2.33. The molecule has 0 bridgehead atoms. The van der Waals surface area contributed by atoms with Gasteiger partial charge in [-0.1, -0.05) is 0 Å². The van der Waals surface area contributed by atoms with Crippen LogP contribution in [-0.4, -0.2) is 32.8 Å². The molecular weight excluding hydrogens is 254 g/mol. The molecule has 0 aliphatic carbocycles. The van der Waals surface area contributed by atoms with Crippen LogP contribution in [0.15, 0.2) is 11.0 Å². The second-order valence-electron chi connectivity index (χ2n) is 6.40. The predicted octanol–water partition coefficient (Wildman–Crippen LogP) is 1.86. The van der Waals surface area contributed by atoms with Crippen molar-refractivity contribution in [2.24, 2.45) is 0 Å². The van der Waals surface area contributed by atoms with E-state index in [0.29, 0.717) is 17.0 Å². The molecule has 0 amide bonds. The second-order valence-corrected chi connectivity index (χ2v) is 6.40. The van der Waals surface area contributed by atoms with Crippen molar-refractivity contribution < 1.29 is 0 Å². The first kappa shape index (κ1) is 13.1. The Labute approximate surface area is 117 Å². The first-order valence-corrected chi connectivity index (χ1v) is 7.20. The third-order valence-electron chi connectivity index (χ3n) is 3.72. The molecule has 0 aromatic carbocycles. The van der Waals surface area contributed by atoms with Crippen molar-refractivity contribution in [3.05, 3.63) is 16.6 Å². The Morgan fingerprint density at radius 2 is 1.90 bits per heavy atom. The highest BCUT2D eigenvalue weighted by atomic mass is 16.1. The minimum absolute atomic E-state index is 0.105. The molecule has 3 rings (SSSR count). The predicted molar refractivity (Wildman–Crippen MR) is 79.2 cm³/mol. The number of hydrogen-bond acceptors (Lipinski definition) is 4. The van der Waals surface area contributed by atoms with Gasteiger partial charge in [0, 0.05) is 13.1 Å². The van der Waals surface area contributed by atoms with Gasteiger partial charge in [-0.05, 0) is 40.0 Å². The summed E-state index contributed by atoms with van der Waals surface area (Å²) in [6.45, 7) is 8.09. The van der Waals surface area contributed by atoms with Crippen molar-refractivity contribution in [2.75, 3.05) is 18.0 Å². The minimum Gasteiger partial charge on any atom is -0.342 e. The van der Waals surface area contributed by atoms with Crippen LogP contribution in [0.25, 0.3) is 11.0 Å². The maximum absolute atomic E-state index is 12.2. The van der Waals surface area contributed by atoms with Crippen molar-refractivity contribution in [1.29, 1.82) is 0 Å². The molecule has 20 heavy (non-hydrogen) atoms. The van der Waals surface area contributed by atoms with Crippen molar-refractivity contribution >= 4 is 17.0 Å². The number of aromatic amines is 1. The van der Waals surface area contributed by atoms with Crippen molar-refractivity contribution in [2.45, 2.75) is 45.6 Å². The normalized spacial score (nSPS) is 16.9. The Balaban J connectivity index is 2.13. The summed E-state index contributed by atoms with van der Waals surface area (Å²) < 4.78 is 1.82. The average Bonchev–Trinajstić information content (AvgIpc) is 2.84. The van der Waals surface area contributed by atoms with E-state index in [1.54, 1.807) is 6.20 Å². The number of nitrogens with zero attached hydrogens (tertiary/aromatic N) is 4. The lowest BCUT2D eigenvalue weighted by Gasteiger charge is -2.27. The number of aromatic nitrogens is 4. The fourth-order valence-corrected chi connectivity index (χ4v) is 2.65. The zero-order valence-electron chi connectivity index (χ0n) is 12.3. The number of H-pyrrole nitrogens is 1. The monoisotopic (exact) mass is 275 g/mol. The van der Waals surface area contributed by atoms with E-state index in [2.05, 4.69) is 40.7 Å². The Morgan fingerprint density at radius 1 is 1.20 bits per heavy atom. The molecule has 3 heterocycles. The van der Waals surface area contributed by atoms with Gasteiger partial charge in [-0.15, -0.1) is 0 Å². The maximum Gasteiger partial charge on any atom is 0.263 e. The summed E-state index contributed by atoms with van der Waals surface area (Å²) in [4.78, 5) is 21.9. The van der Waals surface area contributed by atoms with Crippen LogP contribution in [0.4, 0.5) is 5.95 Å². The Kier molecular flexibility index (Phi) is 3.03. The van der Waals surface area contributed by atoms with Crippen LogP contribution >= 0.6 is 0 Å². The molecule has 0 atom stereocenters. The highest BCUT2D eigenvalue weighted by Gasteiger charge is 2.21. The number of nitrogens with one attached hydrogen (secondary N) is 1. The average molecular weight is 275 g/mol. The molecule has 1 aliphatic heterocycles. The quantitative estimate of drug-likeness (QED) is 0.862. The molecule has 2 aromatic heterocycles. The fraction of sp³-hybridized carbons (Fsp3) is 0.643. The third kappa shape index (κ3) is 2.19. The molecule has 108 valence electrons. The van der Waals surface area contributed by atoms with Gasteiger partial charge in [0.2, 0.25) is 5.95 Å². The standard InChI is InChI=1S/C14H21N5O/c1-14(2,3)19-11-10(9-15-19)12(20)17-13(16-11)18-7-5-4-6-8-18/h9H,4-8H2,1-3H3,(H,16,17,20). The zero-order valence-corrected chi connectivity index (χ0v) is 12.3. The number of anilines is 1. The Morgan fingerprint density at radius 3 is 2.55 bits per heavy atom. The highest BCUT2D eigenvalue weighted by molar-refractivity contribution is 5.74. The van der Waals surface area contributed by atoms with Crippen LogP contribution in [0, 0.1) is 0 Å². The summed E-state index contributed by atoms with van der Waals surface area (Å²) in [5, 5.41) is 4.89. The lowest BCUT2D eigenvalue weighted by atomic mass is 10.1. The second kappa shape index (κ2) is 4.61. The molecule has 6 heteroatoms. The van der Waals surface area contributed by atoms with Gasteiger partial charge >= 0.3 is 0 Å². The smallest absolute Gasteiger partial charge is 0.263 e. The largest absolute Gasteiger partial charge is 0.342 e.